The van der Waals surface area contributed by atoms with E-state index in [1.807, 2.05) is 5.32 Å². The standard InChI is InChI=1S/C12H14F3N3O4S/c13-12(14,15)7-5-8(16)9(17-11(19)20)6-10(7)18-1-3-23(21,22)4-2-18/h5-6,17H,1-4,16H2,(H,19,20). The van der Waals surface area contributed by atoms with Gasteiger partial charge >= 0.3 is 12.3 Å². The van der Waals surface area contributed by atoms with Crippen molar-refractivity contribution in [3.8, 4) is 0 Å². The molecule has 23 heavy (non-hydrogen) atoms. The van der Waals surface area contributed by atoms with Crippen LogP contribution in [-0.2, 0) is 16.0 Å². The second-order valence-electron chi connectivity index (χ2n) is 5.02. The van der Waals surface area contributed by atoms with E-state index in [2.05, 4.69) is 0 Å². The number of anilines is 3. The predicted molar refractivity (Wildman–Crippen MR) is 78.4 cm³/mol. The molecule has 0 atom stereocenters. The van der Waals surface area contributed by atoms with Gasteiger partial charge < -0.3 is 15.7 Å². The molecule has 0 unspecified atom stereocenters. The highest BCUT2D eigenvalue weighted by molar-refractivity contribution is 7.91. The van der Waals surface area contributed by atoms with Crippen LogP contribution in [0.25, 0.3) is 0 Å². The minimum Gasteiger partial charge on any atom is -0.465 e. The Labute approximate surface area is 129 Å². The van der Waals surface area contributed by atoms with Gasteiger partial charge in [0.1, 0.15) is 0 Å². The number of carbonyl (C=O) groups is 1. The van der Waals surface area contributed by atoms with Crippen LogP contribution in [0.4, 0.5) is 35.0 Å². The third-order valence-corrected chi connectivity index (χ3v) is 5.01. The number of carboxylic acid groups (broad SMARTS) is 1. The van der Waals surface area contributed by atoms with Gasteiger partial charge in [0.25, 0.3) is 0 Å². The van der Waals surface area contributed by atoms with E-state index in [9.17, 15) is 26.4 Å². The van der Waals surface area contributed by atoms with Gasteiger partial charge in [0, 0.05) is 13.1 Å². The molecule has 2 rings (SSSR count). The lowest BCUT2D eigenvalue weighted by Crippen LogP contribution is -2.41. The maximum absolute atomic E-state index is 13.2. The van der Waals surface area contributed by atoms with Gasteiger partial charge in [0.15, 0.2) is 9.84 Å². The first-order chi connectivity index (χ1) is 10.5. The fourth-order valence-corrected chi connectivity index (χ4v) is 3.47. The van der Waals surface area contributed by atoms with E-state index in [1.165, 1.54) is 4.90 Å². The van der Waals surface area contributed by atoms with E-state index in [1.54, 1.807) is 0 Å². The van der Waals surface area contributed by atoms with Gasteiger partial charge in [-0.1, -0.05) is 0 Å². The molecule has 0 spiro atoms. The van der Waals surface area contributed by atoms with Gasteiger partial charge in [-0.25, -0.2) is 13.2 Å². The van der Waals surface area contributed by atoms with E-state index in [-0.39, 0.29) is 41.7 Å². The highest BCUT2D eigenvalue weighted by Crippen LogP contribution is 2.41. The summed E-state index contributed by atoms with van der Waals surface area (Å²) < 4.78 is 62.4. The maximum Gasteiger partial charge on any atom is 0.418 e. The van der Waals surface area contributed by atoms with Crippen molar-refractivity contribution in [1.82, 2.24) is 0 Å². The third-order valence-electron chi connectivity index (χ3n) is 3.40. The molecule has 1 aliphatic rings. The Morgan fingerprint density at radius 3 is 2.30 bits per heavy atom. The van der Waals surface area contributed by atoms with Gasteiger partial charge in [-0.05, 0) is 12.1 Å². The number of benzene rings is 1. The molecule has 1 heterocycles. The monoisotopic (exact) mass is 353 g/mol. The molecule has 1 aromatic rings. The van der Waals surface area contributed by atoms with Crippen molar-refractivity contribution in [1.29, 1.82) is 0 Å². The summed E-state index contributed by atoms with van der Waals surface area (Å²) in [6.07, 6.45) is -6.18. The molecular formula is C12H14F3N3O4S. The Bertz CT molecular complexity index is 720. The second-order valence-corrected chi connectivity index (χ2v) is 7.33. The van der Waals surface area contributed by atoms with Crippen molar-refractivity contribution >= 4 is 33.0 Å². The highest BCUT2D eigenvalue weighted by Gasteiger charge is 2.37. The lowest BCUT2D eigenvalue weighted by molar-refractivity contribution is -0.137. The first kappa shape index (κ1) is 17.2. The number of nitrogen functional groups attached to an aromatic ring is 1. The maximum atomic E-state index is 13.2. The number of alkyl halides is 3. The van der Waals surface area contributed by atoms with Crippen LogP contribution >= 0.6 is 0 Å². The number of hydrogen-bond acceptors (Lipinski definition) is 5. The van der Waals surface area contributed by atoms with Crippen molar-refractivity contribution in [2.75, 3.05) is 40.5 Å². The van der Waals surface area contributed by atoms with E-state index < -0.39 is 27.7 Å². The molecule has 1 amide bonds. The summed E-state index contributed by atoms with van der Waals surface area (Å²) in [7, 11) is -3.27. The number of halogens is 3. The highest BCUT2D eigenvalue weighted by atomic mass is 32.2. The van der Waals surface area contributed by atoms with Crippen LogP contribution in [0.1, 0.15) is 5.56 Å². The van der Waals surface area contributed by atoms with Crippen molar-refractivity contribution in [3.63, 3.8) is 0 Å². The number of nitrogens with one attached hydrogen (secondary N) is 1. The topological polar surface area (TPSA) is 113 Å². The largest absolute Gasteiger partial charge is 0.465 e. The number of nitrogens with zero attached hydrogens (tertiary/aromatic N) is 1. The molecule has 1 aliphatic heterocycles. The quantitative estimate of drug-likeness (QED) is 0.697. The average Bonchev–Trinajstić information content (AvgIpc) is 2.39. The normalized spacial score (nSPS) is 17.8. The molecule has 0 aromatic heterocycles. The predicted octanol–water partition coefficient (Wildman–Crippen LogP) is 1.61. The Kier molecular flexibility index (Phi) is 4.33. The van der Waals surface area contributed by atoms with E-state index in [0.717, 1.165) is 6.07 Å². The average molecular weight is 353 g/mol. The molecule has 1 aromatic carbocycles. The summed E-state index contributed by atoms with van der Waals surface area (Å²) in [5.41, 5.74) is 3.58. The van der Waals surface area contributed by atoms with Crippen LogP contribution < -0.4 is 16.0 Å². The lowest BCUT2D eigenvalue weighted by atomic mass is 10.1. The molecule has 0 aliphatic carbocycles. The Hall–Kier alpha value is -2.17. The van der Waals surface area contributed by atoms with Gasteiger partial charge in [0.05, 0.1) is 34.1 Å². The smallest absolute Gasteiger partial charge is 0.418 e. The van der Waals surface area contributed by atoms with Gasteiger partial charge in [-0.3, -0.25) is 5.32 Å². The molecule has 1 fully saturated rings. The molecule has 0 radical (unpaired) electrons. The van der Waals surface area contributed by atoms with E-state index >= 15 is 0 Å². The van der Waals surface area contributed by atoms with E-state index in [0.29, 0.717) is 6.07 Å². The summed E-state index contributed by atoms with van der Waals surface area (Å²) in [6, 6.07) is 1.62. The number of nitrogens with two attached hydrogens (primary N) is 1. The fraction of sp³-hybridized carbons (Fsp3) is 0.417. The molecular weight excluding hydrogens is 339 g/mol. The van der Waals surface area contributed by atoms with Gasteiger partial charge in [-0.15, -0.1) is 0 Å². The molecule has 0 saturated carbocycles. The van der Waals surface area contributed by atoms with Crippen LogP contribution in [0.3, 0.4) is 0 Å². The molecule has 11 heteroatoms. The van der Waals surface area contributed by atoms with Crippen molar-refractivity contribution < 1.29 is 31.5 Å². The number of amides is 1. The van der Waals surface area contributed by atoms with E-state index in [4.69, 9.17) is 10.8 Å². The Balaban J connectivity index is 2.48. The first-order valence-electron chi connectivity index (χ1n) is 6.45. The zero-order valence-corrected chi connectivity index (χ0v) is 12.5. The van der Waals surface area contributed by atoms with Crippen molar-refractivity contribution in [2.45, 2.75) is 6.18 Å². The zero-order chi connectivity index (χ0) is 17.4. The molecule has 7 nitrogen and oxygen atoms in total. The summed E-state index contributed by atoms with van der Waals surface area (Å²) >= 11 is 0. The van der Waals surface area contributed by atoms with Crippen LogP contribution in [0, 0.1) is 0 Å². The zero-order valence-electron chi connectivity index (χ0n) is 11.7. The Morgan fingerprint density at radius 2 is 1.83 bits per heavy atom. The second kappa shape index (κ2) is 5.80. The minimum atomic E-state index is -4.71. The first-order valence-corrected chi connectivity index (χ1v) is 8.28. The van der Waals surface area contributed by atoms with Crippen LogP contribution in [0.5, 0.6) is 0 Å². The van der Waals surface area contributed by atoms with Crippen LogP contribution in [0.15, 0.2) is 12.1 Å². The van der Waals surface area contributed by atoms with Crippen LogP contribution in [-0.4, -0.2) is 44.2 Å². The summed E-state index contributed by atoms with van der Waals surface area (Å²) in [5.74, 6) is -0.535. The Morgan fingerprint density at radius 1 is 1.26 bits per heavy atom. The molecule has 128 valence electrons. The molecule has 1 saturated heterocycles. The summed E-state index contributed by atoms with van der Waals surface area (Å²) in [5, 5.41) is 10.6. The minimum absolute atomic E-state index is 0.109. The number of rotatable bonds is 2. The fourth-order valence-electron chi connectivity index (χ4n) is 2.27. The van der Waals surface area contributed by atoms with Gasteiger partial charge in [0.2, 0.25) is 0 Å². The number of hydrogen-bond donors (Lipinski definition) is 3. The van der Waals surface area contributed by atoms with Crippen LogP contribution in [0.2, 0.25) is 0 Å². The lowest BCUT2D eigenvalue weighted by Gasteiger charge is -2.31. The number of sulfone groups is 1. The summed E-state index contributed by atoms with van der Waals surface area (Å²) in [6.45, 7) is -0.219. The molecule has 0 bridgehead atoms. The molecule has 4 N–H and O–H groups in total. The third kappa shape index (κ3) is 3.97. The van der Waals surface area contributed by atoms with Crippen molar-refractivity contribution in [2.24, 2.45) is 0 Å². The van der Waals surface area contributed by atoms with Crippen molar-refractivity contribution in [3.05, 3.63) is 17.7 Å². The SMILES string of the molecule is Nc1cc(C(F)(F)F)c(N2CCS(=O)(=O)CC2)cc1NC(=O)O. The summed E-state index contributed by atoms with van der Waals surface area (Å²) in [4.78, 5) is 12.0. The van der Waals surface area contributed by atoms with Gasteiger partial charge in [-0.2, -0.15) is 13.2 Å².